The molecule has 84 valence electrons. The Morgan fingerprint density at radius 3 is 2.27 bits per heavy atom. The van der Waals surface area contributed by atoms with Gasteiger partial charge in [-0.2, -0.15) is 13.2 Å². The molecule has 0 saturated carbocycles. The van der Waals surface area contributed by atoms with Crippen LogP contribution in [-0.2, 0) is 0 Å². The Kier molecular flexibility index (Phi) is 4.32. The summed E-state index contributed by atoms with van der Waals surface area (Å²) < 4.78 is 35.4. The third-order valence-corrected chi connectivity index (χ3v) is 2.85. The van der Waals surface area contributed by atoms with Gasteiger partial charge in [0.05, 0.1) is 0 Å². The molecule has 0 atom stereocenters. The fourth-order valence-electron chi connectivity index (χ4n) is 1.03. The highest BCUT2D eigenvalue weighted by Gasteiger charge is 2.25. The number of halogens is 3. The molecule has 0 aliphatic rings. The van der Waals surface area contributed by atoms with Gasteiger partial charge in [-0.3, -0.25) is 0 Å². The van der Waals surface area contributed by atoms with Gasteiger partial charge in [-0.1, -0.05) is 0 Å². The van der Waals surface area contributed by atoms with E-state index < -0.39 is 12.6 Å². The molecule has 0 radical (unpaired) electrons. The Balaban J connectivity index is 2.23. The summed E-state index contributed by atoms with van der Waals surface area (Å²) in [4.78, 5) is 0.950. The van der Waals surface area contributed by atoms with Gasteiger partial charge in [0.15, 0.2) is 0 Å². The fraction of sp³-hybridized carbons (Fsp3) is 0.400. The smallest absolute Gasteiger partial charge is 0.389 e. The molecule has 1 rings (SSSR count). The van der Waals surface area contributed by atoms with Crippen molar-refractivity contribution in [2.75, 3.05) is 11.5 Å². The second-order valence-corrected chi connectivity index (χ2v) is 4.30. The van der Waals surface area contributed by atoms with Gasteiger partial charge in [0.25, 0.3) is 0 Å². The third-order valence-electron chi connectivity index (χ3n) is 1.75. The van der Waals surface area contributed by atoms with E-state index in [4.69, 9.17) is 5.73 Å². The van der Waals surface area contributed by atoms with E-state index in [9.17, 15) is 13.2 Å². The number of hydrogen-bond donors (Lipinski definition) is 1. The van der Waals surface area contributed by atoms with E-state index in [0.29, 0.717) is 11.4 Å². The molecule has 0 aliphatic carbocycles. The summed E-state index contributed by atoms with van der Waals surface area (Å²) in [5, 5.41) is 0. The van der Waals surface area contributed by atoms with Crippen molar-refractivity contribution in [1.82, 2.24) is 0 Å². The topological polar surface area (TPSA) is 26.0 Å². The minimum Gasteiger partial charge on any atom is -0.399 e. The van der Waals surface area contributed by atoms with Crippen LogP contribution in [0.3, 0.4) is 0 Å². The highest BCUT2D eigenvalue weighted by Crippen LogP contribution is 2.25. The van der Waals surface area contributed by atoms with E-state index in [1.165, 1.54) is 11.8 Å². The Hall–Kier alpha value is -0.840. The molecule has 0 unspecified atom stereocenters. The minimum absolute atomic E-state index is 0.151. The van der Waals surface area contributed by atoms with Crippen molar-refractivity contribution in [3.8, 4) is 0 Å². The fourth-order valence-corrected chi connectivity index (χ4v) is 1.88. The number of benzene rings is 1. The van der Waals surface area contributed by atoms with Crippen LogP contribution in [0, 0.1) is 0 Å². The summed E-state index contributed by atoms with van der Waals surface area (Å²) in [6.45, 7) is 0. The van der Waals surface area contributed by atoms with Gasteiger partial charge in [-0.25, -0.2) is 0 Å². The maximum absolute atomic E-state index is 11.8. The molecule has 1 aromatic rings. The van der Waals surface area contributed by atoms with E-state index in [0.717, 1.165) is 4.90 Å². The lowest BCUT2D eigenvalue weighted by molar-refractivity contribution is -0.134. The molecule has 0 heterocycles. The minimum atomic E-state index is -4.04. The van der Waals surface area contributed by atoms with Gasteiger partial charge in [-0.05, 0) is 36.4 Å². The van der Waals surface area contributed by atoms with E-state index >= 15 is 0 Å². The molecule has 2 N–H and O–H groups in total. The molecule has 5 heteroatoms. The average Bonchev–Trinajstić information content (AvgIpc) is 2.14. The maximum atomic E-state index is 11.8. The van der Waals surface area contributed by atoms with Gasteiger partial charge < -0.3 is 5.73 Å². The Morgan fingerprint density at radius 1 is 1.13 bits per heavy atom. The molecule has 0 aliphatic heterocycles. The first-order valence-electron chi connectivity index (χ1n) is 4.52. The molecule has 0 bridgehead atoms. The van der Waals surface area contributed by atoms with Gasteiger partial charge >= 0.3 is 6.18 Å². The van der Waals surface area contributed by atoms with E-state index in [-0.39, 0.29) is 6.42 Å². The Morgan fingerprint density at radius 2 is 1.73 bits per heavy atom. The number of thioether (sulfide) groups is 1. The van der Waals surface area contributed by atoms with Crippen LogP contribution >= 0.6 is 11.8 Å². The van der Waals surface area contributed by atoms with E-state index in [1.807, 2.05) is 12.1 Å². The number of anilines is 1. The van der Waals surface area contributed by atoms with Gasteiger partial charge in [0.1, 0.15) is 0 Å². The lowest BCUT2D eigenvalue weighted by Gasteiger charge is -2.05. The lowest BCUT2D eigenvalue weighted by Crippen LogP contribution is -2.06. The zero-order valence-corrected chi connectivity index (χ0v) is 8.87. The predicted octanol–water partition coefficient (Wildman–Crippen LogP) is 3.70. The third kappa shape index (κ3) is 5.57. The van der Waals surface area contributed by atoms with Crippen LogP contribution < -0.4 is 5.73 Å². The Labute approximate surface area is 90.9 Å². The van der Waals surface area contributed by atoms with Crippen molar-refractivity contribution >= 4 is 17.4 Å². The van der Waals surface area contributed by atoms with Crippen LogP contribution in [0.25, 0.3) is 0 Å². The van der Waals surface area contributed by atoms with Crippen molar-refractivity contribution in [3.63, 3.8) is 0 Å². The largest absolute Gasteiger partial charge is 0.399 e. The summed E-state index contributed by atoms with van der Waals surface area (Å²) >= 11 is 1.41. The standard InChI is InChI=1S/C10H12F3NS/c11-10(12,13)6-1-7-15-9-4-2-8(14)3-5-9/h2-5H,1,6-7,14H2. The second kappa shape index (κ2) is 5.30. The van der Waals surface area contributed by atoms with E-state index in [2.05, 4.69) is 0 Å². The SMILES string of the molecule is Nc1ccc(SCCCC(F)(F)F)cc1. The molecule has 0 saturated heterocycles. The molecule has 15 heavy (non-hydrogen) atoms. The highest BCUT2D eigenvalue weighted by molar-refractivity contribution is 7.99. The molecular formula is C10H12F3NS. The summed E-state index contributed by atoms with van der Waals surface area (Å²) in [5.41, 5.74) is 6.14. The lowest BCUT2D eigenvalue weighted by atomic mass is 10.3. The van der Waals surface area contributed by atoms with Crippen molar-refractivity contribution in [1.29, 1.82) is 0 Å². The van der Waals surface area contributed by atoms with Crippen LogP contribution in [0.1, 0.15) is 12.8 Å². The first-order valence-corrected chi connectivity index (χ1v) is 5.51. The molecule has 0 amide bonds. The quantitative estimate of drug-likeness (QED) is 0.489. The van der Waals surface area contributed by atoms with Crippen LogP contribution in [0.5, 0.6) is 0 Å². The van der Waals surface area contributed by atoms with Gasteiger partial charge in [0.2, 0.25) is 0 Å². The van der Waals surface area contributed by atoms with Gasteiger partial charge in [0, 0.05) is 17.0 Å². The zero-order chi connectivity index (χ0) is 11.3. The van der Waals surface area contributed by atoms with Crippen LogP contribution in [0.4, 0.5) is 18.9 Å². The summed E-state index contributed by atoms with van der Waals surface area (Å²) in [5.74, 6) is 0.476. The number of rotatable bonds is 4. The maximum Gasteiger partial charge on any atom is 0.389 e. The highest BCUT2D eigenvalue weighted by atomic mass is 32.2. The Bertz CT molecular complexity index is 295. The van der Waals surface area contributed by atoms with E-state index in [1.54, 1.807) is 12.1 Å². The van der Waals surface area contributed by atoms with Crippen molar-refractivity contribution in [2.45, 2.75) is 23.9 Å². The summed E-state index contributed by atoms with van der Waals surface area (Å²) in [6, 6.07) is 7.11. The average molecular weight is 235 g/mol. The number of alkyl halides is 3. The van der Waals surface area contributed by atoms with Crippen molar-refractivity contribution in [3.05, 3.63) is 24.3 Å². The monoisotopic (exact) mass is 235 g/mol. The first-order chi connectivity index (χ1) is 6.97. The summed E-state index contributed by atoms with van der Waals surface area (Å²) in [7, 11) is 0. The predicted molar refractivity (Wildman–Crippen MR) is 56.9 cm³/mol. The number of nitrogens with two attached hydrogens (primary N) is 1. The molecule has 0 spiro atoms. The molecule has 1 aromatic carbocycles. The molecule has 1 nitrogen and oxygen atoms in total. The zero-order valence-electron chi connectivity index (χ0n) is 8.05. The van der Waals surface area contributed by atoms with Crippen LogP contribution in [0.2, 0.25) is 0 Å². The number of nitrogen functional groups attached to an aromatic ring is 1. The van der Waals surface area contributed by atoms with Gasteiger partial charge in [-0.15, -0.1) is 11.8 Å². The second-order valence-electron chi connectivity index (χ2n) is 3.14. The number of hydrogen-bond acceptors (Lipinski definition) is 2. The molecule has 0 fully saturated rings. The van der Waals surface area contributed by atoms with Crippen molar-refractivity contribution < 1.29 is 13.2 Å². The van der Waals surface area contributed by atoms with Crippen molar-refractivity contribution in [2.24, 2.45) is 0 Å². The van der Waals surface area contributed by atoms with Crippen LogP contribution in [0.15, 0.2) is 29.2 Å². The summed E-state index contributed by atoms with van der Waals surface area (Å²) in [6.07, 6.45) is -4.60. The van der Waals surface area contributed by atoms with Crippen LogP contribution in [-0.4, -0.2) is 11.9 Å². The molecule has 0 aromatic heterocycles. The molecular weight excluding hydrogens is 223 g/mol. The first kappa shape index (κ1) is 12.2. The normalized spacial score (nSPS) is 11.7.